The Morgan fingerprint density at radius 1 is 1.18 bits per heavy atom. The molecule has 39 heavy (non-hydrogen) atoms. The number of ether oxygens (including phenoxy) is 1. The predicted molar refractivity (Wildman–Crippen MR) is 155 cm³/mol. The average Bonchev–Trinajstić information content (AvgIpc) is 3.28. The number of carbonyl (C=O) groups is 2. The summed E-state index contributed by atoms with van der Waals surface area (Å²) >= 11 is 6.18. The maximum Gasteiger partial charge on any atom is 0.253 e. The molecule has 1 atom stereocenters. The number of rotatable bonds is 10. The Morgan fingerprint density at radius 2 is 1.92 bits per heavy atom. The number of hydrogen-bond acceptors (Lipinski definition) is 6. The molecule has 2 fully saturated rings. The van der Waals surface area contributed by atoms with E-state index in [9.17, 15) is 9.59 Å². The van der Waals surface area contributed by atoms with E-state index >= 15 is 0 Å². The lowest BCUT2D eigenvalue weighted by atomic mass is 10.0. The van der Waals surface area contributed by atoms with Crippen LogP contribution >= 0.6 is 11.6 Å². The summed E-state index contributed by atoms with van der Waals surface area (Å²) in [4.78, 5) is 36.1. The number of likely N-dealkylation sites (tertiary alicyclic amines) is 2. The molecule has 0 radical (unpaired) electrons. The second-order valence-corrected chi connectivity index (χ2v) is 11.7. The Labute approximate surface area is 237 Å². The van der Waals surface area contributed by atoms with Crippen molar-refractivity contribution in [1.82, 2.24) is 19.7 Å². The van der Waals surface area contributed by atoms with Gasteiger partial charge in [-0.1, -0.05) is 37.6 Å². The highest BCUT2D eigenvalue weighted by Crippen LogP contribution is 2.28. The first kappa shape index (κ1) is 29.3. The third-order valence-electron chi connectivity index (χ3n) is 7.71. The normalized spacial score (nSPS) is 18.7. The molecule has 1 aromatic heterocycles. The van der Waals surface area contributed by atoms with Crippen LogP contribution in [0.5, 0.6) is 0 Å². The molecule has 3 heterocycles. The second-order valence-electron chi connectivity index (χ2n) is 11.3. The van der Waals surface area contributed by atoms with Gasteiger partial charge < -0.3 is 19.9 Å². The molecule has 2 saturated heterocycles. The van der Waals surface area contributed by atoms with Crippen molar-refractivity contribution in [3.63, 3.8) is 0 Å². The Morgan fingerprint density at radius 3 is 2.59 bits per heavy atom. The van der Waals surface area contributed by atoms with Crippen LogP contribution in [0.4, 0.5) is 5.82 Å². The summed E-state index contributed by atoms with van der Waals surface area (Å²) in [5.74, 6) is 0.995. The maximum atomic E-state index is 12.8. The number of piperidine rings is 1. The molecule has 2 amide bonds. The summed E-state index contributed by atoms with van der Waals surface area (Å²) in [6, 6.07) is 10.2. The number of nitrogens with one attached hydrogen (secondary N) is 1. The Hall–Kier alpha value is -2.68. The van der Waals surface area contributed by atoms with E-state index in [2.05, 4.69) is 46.1 Å². The van der Waals surface area contributed by atoms with Gasteiger partial charge in [-0.15, -0.1) is 0 Å². The fraction of sp³-hybridized carbons (Fsp3) is 0.567. The van der Waals surface area contributed by atoms with Gasteiger partial charge in [-0.2, -0.15) is 0 Å². The minimum Gasteiger partial charge on any atom is -0.359 e. The van der Waals surface area contributed by atoms with E-state index < -0.39 is 0 Å². The third-order valence-corrected chi connectivity index (χ3v) is 8.13. The van der Waals surface area contributed by atoms with Gasteiger partial charge in [0.05, 0.1) is 12.6 Å². The summed E-state index contributed by atoms with van der Waals surface area (Å²) in [5.41, 5.74) is 3.84. The molecule has 2 aliphatic heterocycles. The molecule has 2 aliphatic rings. The number of nitrogens with zero attached hydrogens (tertiary/aromatic N) is 4. The van der Waals surface area contributed by atoms with Crippen LogP contribution in [-0.4, -0.2) is 84.1 Å². The summed E-state index contributed by atoms with van der Waals surface area (Å²) in [6.45, 7) is 9.75. The second kappa shape index (κ2) is 13.1. The van der Waals surface area contributed by atoms with Crippen LogP contribution < -0.4 is 5.32 Å². The van der Waals surface area contributed by atoms with Crippen LogP contribution in [0, 0.1) is 6.92 Å². The van der Waals surface area contributed by atoms with Gasteiger partial charge >= 0.3 is 0 Å². The van der Waals surface area contributed by atoms with Gasteiger partial charge in [0.2, 0.25) is 5.91 Å². The van der Waals surface area contributed by atoms with Crippen molar-refractivity contribution in [3.8, 4) is 0 Å². The van der Waals surface area contributed by atoms with E-state index in [-0.39, 0.29) is 36.5 Å². The van der Waals surface area contributed by atoms with Crippen molar-refractivity contribution in [2.45, 2.75) is 71.0 Å². The van der Waals surface area contributed by atoms with Crippen LogP contribution in [0.3, 0.4) is 0 Å². The highest BCUT2D eigenvalue weighted by atomic mass is 35.5. The van der Waals surface area contributed by atoms with Crippen LogP contribution in [0.25, 0.3) is 0 Å². The van der Waals surface area contributed by atoms with Crippen molar-refractivity contribution in [2.24, 2.45) is 0 Å². The van der Waals surface area contributed by atoms with Crippen LogP contribution in [0.1, 0.15) is 72.6 Å². The lowest BCUT2D eigenvalue weighted by Gasteiger charge is -2.39. The minimum absolute atomic E-state index is 0.0577. The van der Waals surface area contributed by atoms with Gasteiger partial charge in [-0.3, -0.25) is 14.5 Å². The number of hydrogen-bond donors (Lipinski definition) is 1. The average molecular weight is 556 g/mol. The molecule has 1 aromatic carbocycles. The molecule has 2 aromatic rings. The summed E-state index contributed by atoms with van der Waals surface area (Å²) in [6.07, 6.45) is 3.36. The number of halogens is 1. The van der Waals surface area contributed by atoms with E-state index in [1.807, 2.05) is 19.1 Å². The van der Waals surface area contributed by atoms with Crippen LogP contribution in [-0.2, 0) is 16.1 Å². The fourth-order valence-electron chi connectivity index (χ4n) is 5.49. The number of aromatic nitrogens is 1. The van der Waals surface area contributed by atoms with Crippen LogP contribution in [0.15, 0.2) is 30.3 Å². The summed E-state index contributed by atoms with van der Waals surface area (Å²) in [5, 5.41) is 4.02. The lowest BCUT2D eigenvalue weighted by Crippen LogP contribution is -2.49. The molecule has 9 heteroatoms. The number of pyridine rings is 1. The van der Waals surface area contributed by atoms with Gasteiger partial charge in [0.1, 0.15) is 12.5 Å². The molecule has 0 spiro atoms. The smallest absolute Gasteiger partial charge is 0.253 e. The first-order valence-electron chi connectivity index (χ1n) is 14.0. The van der Waals surface area contributed by atoms with Gasteiger partial charge in [-0.25, -0.2) is 4.98 Å². The first-order chi connectivity index (χ1) is 18.6. The lowest BCUT2D eigenvalue weighted by molar-refractivity contribution is -0.133. The monoisotopic (exact) mass is 555 g/mol. The summed E-state index contributed by atoms with van der Waals surface area (Å²) < 4.78 is 6.00. The number of benzene rings is 1. The molecule has 0 aliphatic carbocycles. The van der Waals surface area contributed by atoms with Gasteiger partial charge in [0.25, 0.3) is 5.91 Å². The quantitative estimate of drug-likeness (QED) is 0.331. The third kappa shape index (κ3) is 7.50. The molecule has 8 nitrogen and oxygen atoms in total. The SMILES string of the molecule is Cc1cc(CN2CCC(N3C(=O)CCC3COCNc3cc(C(=O)N(C)C)cc(C(C)C)n3)CC2)ccc1Cl. The topological polar surface area (TPSA) is 78.0 Å². The van der Waals surface area contributed by atoms with Crippen molar-refractivity contribution in [2.75, 3.05) is 45.8 Å². The molecular formula is C30H42ClN5O3. The zero-order valence-electron chi connectivity index (χ0n) is 23.9. The van der Waals surface area contributed by atoms with Crippen molar-refractivity contribution < 1.29 is 14.3 Å². The first-order valence-corrected chi connectivity index (χ1v) is 14.3. The molecule has 0 bridgehead atoms. The minimum atomic E-state index is -0.0577. The highest BCUT2D eigenvalue weighted by molar-refractivity contribution is 6.31. The van der Waals surface area contributed by atoms with E-state index in [1.54, 1.807) is 25.1 Å². The summed E-state index contributed by atoms with van der Waals surface area (Å²) in [7, 11) is 3.49. The van der Waals surface area contributed by atoms with Crippen LogP contribution in [0.2, 0.25) is 5.02 Å². The van der Waals surface area contributed by atoms with Gasteiger partial charge in [0.15, 0.2) is 0 Å². The van der Waals surface area contributed by atoms with Crippen molar-refractivity contribution >= 4 is 29.2 Å². The maximum absolute atomic E-state index is 12.8. The molecule has 1 N–H and O–H groups in total. The predicted octanol–water partition coefficient (Wildman–Crippen LogP) is 4.91. The van der Waals surface area contributed by atoms with Gasteiger partial charge in [0, 0.05) is 62.5 Å². The number of carbonyl (C=O) groups excluding carboxylic acids is 2. The molecule has 0 saturated carbocycles. The van der Waals surface area contributed by atoms with Crippen molar-refractivity contribution in [1.29, 1.82) is 0 Å². The van der Waals surface area contributed by atoms with Crippen molar-refractivity contribution in [3.05, 3.63) is 57.7 Å². The number of amides is 2. The van der Waals surface area contributed by atoms with E-state index in [1.165, 1.54) is 5.56 Å². The molecule has 4 rings (SSSR count). The Balaban J connectivity index is 1.28. The highest BCUT2D eigenvalue weighted by Gasteiger charge is 2.37. The molecule has 212 valence electrons. The zero-order valence-corrected chi connectivity index (χ0v) is 24.6. The fourth-order valence-corrected chi connectivity index (χ4v) is 5.60. The van der Waals surface area contributed by atoms with E-state index in [0.29, 0.717) is 24.4 Å². The zero-order chi connectivity index (χ0) is 28.1. The Bertz CT molecular complexity index is 1160. The number of anilines is 1. The standard InChI is InChI=1S/C30H42ClN5O3/c1-20(2)27-15-23(30(38)34(4)5)16-28(33-27)32-19-39-18-25-7-9-29(37)36(25)24-10-12-35(13-11-24)17-22-6-8-26(31)21(3)14-22/h6,8,14-16,20,24-25H,7,9-13,17-19H2,1-5H3,(H,32,33). The van der Waals surface area contributed by atoms with E-state index in [0.717, 1.165) is 55.2 Å². The van der Waals surface area contributed by atoms with E-state index in [4.69, 9.17) is 16.3 Å². The molecule has 1 unspecified atom stereocenters. The molecular weight excluding hydrogens is 514 g/mol. The Kier molecular flexibility index (Phi) is 9.86. The van der Waals surface area contributed by atoms with Gasteiger partial charge in [-0.05, 0) is 61.4 Å². The largest absolute Gasteiger partial charge is 0.359 e. The number of aryl methyl sites for hydroxylation is 1.